The van der Waals surface area contributed by atoms with E-state index < -0.39 is 0 Å². The summed E-state index contributed by atoms with van der Waals surface area (Å²) >= 11 is 0. The molecule has 0 saturated carbocycles. The molecule has 38 heavy (non-hydrogen) atoms. The van der Waals surface area contributed by atoms with Gasteiger partial charge in [-0.05, 0) is 68.7 Å². The van der Waals surface area contributed by atoms with Crippen molar-refractivity contribution in [2.24, 2.45) is 0 Å². The van der Waals surface area contributed by atoms with E-state index in [1.54, 1.807) is 12.1 Å². The lowest BCUT2D eigenvalue weighted by Gasteiger charge is -2.37. The van der Waals surface area contributed by atoms with Crippen molar-refractivity contribution in [3.8, 4) is 0 Å². The summed E-state index contributed by atoms with van der Waals surface area (Å²) in [6, 6.07) is 21.5. The molecule has 1 fully saturated rings. The molecule has 198 valence electrons. The molecule has 0 aliphatic carbocycles. The fourth-order valence-corrected chi connectivity index (χ4v) is 5.42. The molecule has 6 heteroatoms. The van der Waals surface area contributed by atoms with E-state index in [4.69, 9.17) is 0 Å². The number of hydrogen-bond donors (Lipinski definition) is 1. The molecule has 1 saturated heterocycles. The van der Waals surface area contributed by atoms with Gasteiger partial charge in [-0.1, -0.05) is 42.5 Å². The van der Waals surface area contributed by atoms with Crippen LogP contribution in [0.1, 0.15) is 46.6 Å². The average molecular weight is 513 g/mol. The highest BCUT2D eigenvalue weighted by molar-refractivity contribution is 6.04. The maximum atomic E-state index is 13.7. The number of carbonyl (C=O) groups excluding carboxylic acids is 1. The molecule has 3 aromatic carbocycles. The second kappa shape index (κ2) is 11.0. The molecule has 0 spiro atoms. The van der Waals surface area contributed by atoms with Crippen LogP contribution in [0.4, 0.5) is 10.1 Å². The van der Waals surface area contributed by atoms with Crippen molar-refractivity contribution in [3.63, 3.8) is 0 Å². The molecule has 0 atom stereocenters. The molecule has 1 aromatic heterocycles. The molecular formula is C32H37FN4O. The van der Waals surface area contributed by atoms with Crippen LogP contribution in [0.2, 0.25) is 0 Å². The topological polar surface area (TPSA) is 40.5 Å². The Morgan fingerprint density at radius 2 is 1.61 bits per heavy atom. The van der Waals surface area contributed by atoms with E-state index in [0.717, 1.165) is 54.9 Å². The van der Waals surface area contributed by atoms with Gasteiger partial charge >= 0.3 is 0 Å². The lowest BCUT2D eigenvalue weighted by atomic mass is 10.1. The Balaban J connectivity index is 1.53. The summed E-state index contributed by atoms with van der Waals surface area (Å²) in [5.41, 5.74) is 7.28. The zero-order chi connectivity index (χ0) is 26.8. The van der Waals surface area contributed by atoms with Crippen molar-refractivity contribution in [2.75, 3.05) is 31.5 Å². The van der Waals surface area contributed by atoms with Crippen LogP contribution in [0, 0.1) is 19.7 Å². The number of rotatable bonds is 7. The number of nitrogens with zero attached hydrogens (tertiary/aromatic N) is 3. The van der Waals surface area contributed by atoms with Gasteiger partial charge in [0.05, 0.1) is 11.2 Å². The van der Waals surface area contributed by atoms with Crippen LogP contribution in [-0.2, 0) is 13.1 Å². The maximum absolute atomic E-state index is 13.7. The van der Waals surface area contributed by atoms with Crippen molar-refractivity contribution in [1.29, 1.82) is 0 Å². The van der Waals surface area contributed by atoms with Crippen LogP contribution in [0.15, 0.2) is 66.7 Å². The molecule has 1 aliphatic heterocycles. The predicted octanol–water partition coefficient (Wildman–Crippen LogP) is 6.22. The standard InChI is InChI=1S/C32H37FN4O/c1-22(2)35-14-16-36(17-15-35)32(38)27-18-29-23(3)24(4)37(21-26-8-6-5-7-9-26)31(29)30(19-27)34-20-25-10-12-28(33)13-11-25/h5-13,18-19,22,34H,14-17,20-21H2,1-4H3. The van der Waals surface area contributed by atoms with E-state index in [1.165, 1.54) is 29.0 Å². The number of aryl methyl sites for hydroxylation is 1. The first-order chi connectivity index (χ1) is 18.3. The molecule has 2 heterocycles. The Morgan fingerprint density at radius 1 is 0.921 bits per heavy atom. The number of halogens is 1. The lowest BCUT2D eigenvalue weighted by molar-refractivity contribution is 0.0595. The highest BCUT2D eigenvalue weighted by atomic mass is 19.1. The monoisotopic (exact) mass is 512 g/mol. The third-order valence-electron chi connectivity index (χ3n) is 7.89. The van der Waals surface area contributed by atoms with Gasteiger partial charge in [0.2, 0.25) is 0 Å². The first-order valence-corrected chi connectivity index (χ1v) is 13.5. The smallest absolute Gasteiger partial charge is 0.254 e. The Labute approximate surface area is 224 Å². The van der Waals surface area contributed by atoms with E-state index in [1.807, 2.05) is 17.0 Å². The fraction of sp³-hybridized carbons (Fsp3) is 0.344. The zero-order valence-electron chi connectivity index (χ0n) is 22.8. The van der Waals surface area contributed by atoms with Crippen LogP contribution in [0.3, 0.4) is 0 Å². The minimum atomic E-state index is -0.246. The molecule has 1 aliphatic rings. The molecule has 1 N–H and O–H groups in total. The summed E-state index contributed by atoms with van der Waals surface area (Å²) in [4.78, 5) is 18.1. The minimum absolute atomic E-state index is 0.0769. The van der Waals surface area contributed by atoms with Gasteiger partial charge in [-0.25, -0.2) is 4.39 Å². The largest absolute Gasteiger partial charge is 0.379 e. The van der Waals surface area contributed by atoms with Crippen LogP contribution in [0.25, 0.3) is 10.9 Å². The number of amides is 1. The fourth-order valence-electron chi connectivity index (χ4n) is 5.42. The quantitative estimate of drug-likeness (QED) is 0.319. The molecule has 1 amide bonds. The molecule has 5 rings (SSSR count). The summed E-state index contributed by atoms with van der Waals surface area (Å²) in [5.74, 6) is -0.169. The first-order valence-electron chi connectivity index (χ1n) is 13.5. The Kier molecular flexibility index (Phi) is 7.52. The van der Waals surface area contributed by atoms with Crippen LogP contribution < -0.4 is 5.32 Å². The van der Waals surface area contributed by atoms with Gasteiger partial charge in [0, 0.05) is 62.0 Å². The normalized spacial score (nSPS) is 14.4. The molecule has 4 aromatic rings. The second-order valence-electron chi connectivity index (χ2n) is 10.6. The number of aromatic nitrogens is 1. The van der Waals surface area contributed by atoms with Crippen molar-refractivity contribution >= 4 is 22.5 Å². The number of anilines is 1. The molecule has 0 radical (unpaired) electrons. The highest BCUT2D eigenvalue weighted by Crippen LogP contribution is 2.34. The van der Waals surface area contributed by atoms with Crippen LogP contribution in [-0.4, -0.2) is 52.5 Å². The van der Waals surface area contributed by atoms with E-state index >= 15 is 0 Å². The van der Waals surface area contributed by atoms with Crippen LogP contribution in [0.5, 0.6) is 0 Å². The number of carbonyl (C=O) groups is 1. The molecule has 0 unspecified atom stereocenters. The summed E-state index contributed by atoms with van der Waals surface area (Å²) in [5, 5.41) is 4.68. The van der Waals surface area contributed by atoms with Gasteiger partial charge in [0.15, 0.2) is 0 Å². The summed E-state index contributed by atoms with van der Waals surface area (Å²) in [6.07, 6.45) is 0. The van der Waals surface area contributed by atoms with Gasteiger partial charge in [-0.3, -0.25) is 9.69 Å². The van der Waals surface area contributed by atoms with Gasteiger partial charge in [0.1, 0.15) is 5.82 Å². The number of nitrogens with one attached hydrogen (secondary N) is 1. The number of benzene rings is 3. The Bertz CT molecular complexity index is 1420. The van der Waals surface area contributed by atoms with Crippen LogP contribution >= 0.6 is 0 Å². The number of hydrogen-bond acceptors (Lipinski definition) is 3. The van der Waals surface area contributed by atoms with Gasteiger partial charge in [0.25, 0.3) is 5.91 Å². The SMILES string of the molecule is Cc1c(C)n(Cc2ccccc2)c2c(NCc3ccc(F)cc3)cc(C(=O)N3CCN(C(C)C)CC3)cc12. The predicted molar refractivity (Wildman–Crippen MR) is 153 cm³/mol. The Hall–Kier alpha value is -3.64. The first kappa shape index (κ1) is 26.0. The maximum Gasteiger partial charge on any atom is 0.254 e. The molecule has 0 bridgehead atoms. The van der Waals surface area contributed by atoms with Gasteiger partial charge in [-0.15, -0.1) is 0 Å². The zero-order valence-corrected chi connectivity index (χ0v) is 22.8. The molecule has 5 nitrogen and oxygen atoms in total. The summed E-state index contributed by atoms with van der Waals surface area (Å²) in [7, 11) is 0. The summed E-state index contributed by atoms with van der Waals surface area (Å²) in [6.45, 7) is 13.2. The lowest BCUT2D eigenvalue weighted by Crippen LogP contribution is -2.50. The van der Waals surface area contributed by atoms with E-state index in [2.05, 4.69) is 72.8 Å². The van der Waals surface area contributed by atoms with Crippen molar-refractivity contribution < 1.29 is 9.18 Å². The number of piperazine rings is 1. The highest BCUT2D eigenvalue weighted by Gasteiger charge is 2.25. The second-order valence-corrected chi connectivity index (χ2v) is 10.6. The van der Waals surface area contributed by atoms with E-state index in [-0.39, 0.29) is 11.7 Å². The Morgan fingerprint density at radius 3 is 2.26 bits per heavy atom. The van der Waals surface area contributed by atoms with Gasteiger partial charge in [-0.2, -0.15) is 0 Å². The van der Waals surface area contributed by atoms with Crippen molar-refractivity contribution in [3.05, 3.63) is 100 Å². The minimum Gasteiger partial charge on any atom is -0.379 e. The van der Waals surface area contributed by atoms with E-state index in [0.29, 0.717) is 18.2 Å². The summed E-state index contributed by atoms with van der Waals surface area (Å²) < 4.78 is 15.8. The van der Waals surface area contributed by atoms with Crippen molar-refractivity contribution in [2.45, 2.75) is 46.8 Å². The van der Waals surface area contributed by atoms with E-state index in [9.17, 15) is 9.18 Å². The van der Waals surface area contributed by atoms with Crippen molar-refractivity contribution in [1.82, 2.24) is 14.4 Å². The molecular weight excluding hydrogens is 475 g/mol. The van der Waals surface area contributed by atoms with Gasteiger partial charge < -0.3 is 14.8 Å². The number of fused-ring (bicyclic) bond motifs is 1. The third-order valence-corrected chi connectivity index (χ3v) is 7.89. The average Bonchev–Trinajstić information content (AvgIpc) is 3.17. The third kappa shape index (κ3) is 5.32.